The van der Waals surface area contributed by atoms with Crippen LogP contribution in [0.5, 0.6) is 5.75 Å². The highest BCUT2D eigenvalue weighted by atomic mass is 19.1. The van der Waals surface area contributed by atoms with Gasteiger partial charge < -0.3 is 19.9 Å². The van der Waals surface area contributed by atoms with E-state index in [1.807, 2.05) is 23.1 Å². The van der Waals surface area contributed by atoms with Crippen molar-refractivity contribution >= 4 is 11.7 Å². The topological polar surface area (TPSA) is 44.8 Å². The summed E-state index contributed by atoms with van der Waals surface area (Å²) in [5, 5.41) is 2.94. The summed E-state index contributed by atoms with van der Waals surface area (Å²) in [6, 6.07) is 14.3. The van der Waals surface area contributed by atoms with Crippen molar-refractivity contribution in [3.05, 3.63) is 59.9 Å². The van der Waals surface area contributed by atoms with Crippen LogP contribution in [0, 0.1) is 5.82 Å². The standard InChI is InChI=1S/C20H24FN3O2/c1-26-19-4-2-3-18(15-19)23-11-13-24(14-12-23)20(25)22-10-9-16-5-7-17(21)8-6-16/h2-8,15H,9-14H2,1H3,(H,22,25). The Morgan fingerprint density at radius 1 is 1.12 bits per heavy atom. The second-order valence-corrected chi connectivity index (χ2v) is 6.28. The Kier molecular flexibility index (Phi) is 5.94. The normalized spacial score (nSPS) is 14.2. The lowest BCUT2D eigenvalue weighted by Gasteiger charge is -2.36. The van der Waals surface area contributed by atoms with Crippen LogP contribution in [0.1, 0.15) is 5.56 Å². The van der Waals surface area contributed by atoms with Gasteiger partial charge in [-0.3, -0.25) is 0 Å². The molecular formula is C20H24FN3O2. The number of carbonyl (C=O) groups excluding carboxylic acids is 1. The van der Waals surface area contributed by atoms with E-state index in [1.165, 1.54) is 12.1 Å². The summed E-state index contributed by atoms with van der Waals surface area (Å²) >= 11 is 0. The minimum absolute atomic E-state index is 0.0441. The fourth-order valence-electron chi connectivity index (χ4n) is 3.05. The largest absolute Gasteiger partial charge is 0.497 e. The molecule has 0 saturated carbocycles. The molecule has 1 fully saturated rings. The first-order valence-corrected chi connectivity index (χ1v) is 8.82. The molecule has 1 N–H and O–H groups in total. The summed E-state index contributed by atoms with van der Waals surface area (Å²) < 4.78 is 18.2. The van der Waals surface area contributed by atoms with Crippen molar-refractivity contribution in [1.29, 1.82) is 0 Å². The molecule has 6 heteroatoms. The number of nitrogens with one attached hydrogen (secondary N) is 1. The molecule has 3 rings (SSSR count). The van der Waals surface area contributed by atoms with Crippen molar-refractivity contribution in [3.8, 4) is 5.75 Å². The van der Waals surface area contributed by atoms with Crippen molar-refractivity contribution in [2.24, 2.45) is 0 Å². The van der Waals surface area contributed by atoms with Crippen LogP contribution in [-0.2, 0) is 6.42 Å². The summed E-state index contributed by atoms with van der Waals surface area (Å²) in [7, 11) is 1.66. The fraction of sp³-hybridized carbons (Fsp3) is 0.350. The molecule has 138 valence electrons. The quantitative estimate of drug-likeness (QED) is 0.895. The number of carbonyl (C=O) groups is 1. The second kappa shape index (κ2) is 8.56. The molecule has 26 heavy (non-hydrogen) atoms. The van der Waals surface area contributed by atoms with Gasteiger partial charge in [-0.25, -0.2) is 9.18 Å². The van der Waals surface area contributed by atoms with E-state index in [1.54, 1.807) is 19.2 Å². The molecule has 0 atom stereocenters. The lowest BCUT2D eigenvalue weighted by Crippen LogP contribution is -2.52. The number of nitrogens with zero attached hydrogens (tertiary/aromatic N) is 2. The Labute approximate surface area is 153 Å². The van der Waals surface area contributed by atoms with Gasteiger partial charge in [0.05, 0.1) is 7.11 Å². The lowest BCUT2D eigenvalue weighted by molar-refractivity contribution is 0.194. The van der Waals surface area contributed by atoms with E-state index in [0.29, 0.717) is 26.1 Å². The molecular weight excluding hydrogens is 333 g/mol. The summed E-state index contributed by atoms with van der Waals surface area (Å²) in [6.45, 7) is 3.48. The third-order valence-electron chi connectivity index (χ3n) is 4.59. The number of rotatable bonds is 5. The predicted molar refractivity (Wildman–Crippen MR) is 100 cm³/mol. The molecule has 0 unspecified atom stereocenters. The zero-order valence-corrected chi connectivity index (χ0v) is 15.0. The van der Waals surface area contributed by atoms with Crippen LogP contribution < -0.4 is 15.0 Å². The molecule has 0 spiro atoms. The Bertz CT molecular complexity index is 728. The second-order valence-electron chi connectivity index (χ2n) is 6.28. The van der Waals surface area contributed by atoms with Crippen LogP contribution in [-0.4, -0.2) is 50.8 Å². The third-order valence-corrected chi connectivity index (χ3v) is 4.59. The average Bonchev–Trinajstić information content (AvgIpc) is 2.69. The number of piperazine rings is 1. The molecule has 1 heterocycles. The van der Waals surface area contributed by atoms with Gasteiger partial charge in [0.1, 0.15) is 11.6 Å². The molecule has 2 amide bonds. The minimum atomic E-state index is -0.244. The van der Waals surface area contributed by atoms with Crippen LogP contribution in [0.4, 0.5) is 14.9 Å². The monoisotopic (exact) mass is 357 g/mol. The van der Waals surface area contributed by atoms with Gasteiger partial charge in [0.25, 0.3) is 0 Å². The number of anilines is 1. The van der Waals surface area contributed by atoms with E-state index in [2.05, 4.69) is 16.3 Å². The van der Waals surface area contributed by atoms with Gasteiger partial charge in [-0.2, -0.15) is 0 Å². The van der Waals surface area contributed by atoms with Gasteiger partial charge in [0.15, 0.2) is 0 Å². The highest BCUT2D eigenvalue weighted by molar-refractivity contribution is 5.74. The average molecular weight is 357 g/mol. The Balaban J connectivity index is 1.43. The third kappa shape index (κ3) is 4.65. The van der Waals surface area contributed by atoms with Crippen LogP contribution in [0.2, 0.25) is 0 Å². The Morgan fingerprint density at radius 2 is 1.85 bits per heavy atom. The summed E-state index contributed by atoms with van der Waals surface area (Å²) in [5.74, 6) is 0.593. The van der Waals surface area contributed by atoms with Crippen LogP contribution in [0.15, 0.2) is 48.5 Å². The van der Waals surface area contributed by atoms with Crippen molar-refractivity contribution in [2.45, 2.75) is 6.42 Å². The van der Waals surface area contributed by atoms with E-state index < -0.39 is 0 Å². The van der Waals surface area contributed by atoms with Crippen LogP contribution in [0.3, 0.4) is 0 Å². The maximum atomic E-state index is 12.9. The molecule has 0 bridgehead atoms. The van der Waals surface area contributed by atoms with Gasteiger partial charge >= 0.3 is 6.03 Å². The summed E-state index contributed by atoms with van der Waals surface area (Å²) in [4.78, 5) is 16.4. The fourth-order valence-corrected chi connectivity index (χ4v) is 3.05. The molecule has 2 aromatic rings. The zero-order chi connectivity index (χ0) is 18.4. The van der Waals surface area contributed by atoms with E-state index in [0.717, 1.165) is 30.1 Å². The molecule has 5 nitrogen and oxygen atoms in total. The number of amides is 2. The van der Waals surface area contributed by atoms with Crippen molar-refractivity contribution in [1.82, 2.24) is 10.2 Å². The summed E-state index contributed by atoms with van der Waals surface area (Å²) in [6.07, 6.45) is 0.690. The predicted octanol–water partition coefficient (Wildman–Crippen LogP) is 2.91. The number of ether oxygens (including phenoxy) is 1. The van der Waals surface area contributed by atoms with E-state index in [-0.39, 0.29) is 11.8 Å². The maximum absolute atomic E-state index is 12.9. The first kappa shape index (κ1) is 18.0. The molecule has 0 radical (unpaired) electrons. The van der Waals surface area contributed by atoms with Crippen molar-refractivity contribution in [3.63, 3.8) is 0 Å². The first-order chi connectivity index (χ1) is 12.7. The smallest absolute Gasteiger partial charge is 0.317 e. The van der Waals surface area contributed by atoms with Crippen LogP contribution in [0.25, 0.3) is 0 Å². The number of benzene rings is 2. The number of methoxy groups -OCH3 is 1. The van der Waals surface area contributed by atoms with Crippen molar-refractivity contribution in [2.75, 3.05) is 44.7 Å². The van der Waals surface area contributed by atoms with Gasteiger partial charge in [0.2, 0.25) is 0 Å². The minimum Gasteiger partial charge on any atom is -0.497 e. The Morgan fingerprint density at radius 3 is 2.54 bits per heavy atom. The molecule has 1 aliphatic heterocycles. The number of urea groups is 1. The Hall–Kier alpha value is -2.76. The number of hydrogen-bond donors (Lipinski definition) is 1. The van der Waals surface area contributed by atoms with E-state index in [4.69, 9.17) is 4.74 Å². The van der Waals surface area contributed by atoms with Crippen molar-refractivity contribution < 1.29 is 13.9 Å². The SMILES string of the molecule is COc1cccc(N2CCN(C(=O)NCCc3ccc(F)cc3)CC2)c1. The number of hydrogen-bond acceptors (Lipinski definition) is 3. The molecule has 1 aliphatic rings. The maximum Gasteiger partial charge on any atom is 0.317 e. The molecule has 2 aromatic carbocycles. The van der Waals surface area contributed by atoms with Gasteiger partial charge in [-0.1, -0.05) is 18.2 Å². The highest BCUT2D eigenvalue weighted by Gasteiger charge is 2.21. The lowest BCUT2D eigenvalue weighted by atomic mass is 10.1. The van der Waals surface area contributed by atoms with Gasteiger partial charge in [0, 0.05) is 44.5 Å². The van der Waals surface area contributed by atoms with Gasteiger partial charge in [-0.15, -0.1) is 0 Å². The highest BCUT2D eigenvalue weighted by Crippen LogP contribution is 2.22. The van der Waals surface area contributed by atoms with Crippen LogP contribution >= 0.6 is 0 Å². The number of halogens is 1. The van der Waals surface area contributed by atoms with E-state index in [9.17, 15) is 9.18 Å². The summed E-state index contributed by atoms with van der Waals surface area (Å²) in [5.41, 5.74) is 2.12. The van der Waals surface area contributed by atoms with E-state index >= 15 is 0 Å². The first-order valence-electron chi connectivity index (χ1n) is 8.82. The zero-order valence-electron chi connectivity index (χ0n) is 15.0. The molecule has 1 saturated heterocycles. The molecule has 0 aliphatic carbocycles. The van der Waals surface area contributed by atoms with Gasteiger partial charge in [-0.05, 0) is 36.2 Å². The molecule has 0 aromatic heterocycles.